The maximum absolute atomic E-state index is 5.77. The van der Waals surface area contributed by atoms with Crippen molar-refractivity contribution < 1.29 is 9.47 Å². The zero-order valence-corrected chi connectivity index (χ0v) is 11.8. The van der Waals surface area contributed by atoms with Crippen molar-refractivity contribution in [1.29, 1.82) is 0 Å². The van der Waals surface area contributed by atoms with Gasteiger partial charge in [-0.1, -0.05) is 38.8 Å². The molecule has 1 aromatic rings. The van der Waals surface area contributed by atoms with Crippen molar-refractivity contribution in [3.05, 3.63) is 18.2 Å². The molecule has 0 saturated heterocycles. The lowest BCUT2D eigenvalue weighted by molar-refractivity contribution is 0.263. The van der Waals surface area contributed by atoms with E-state index in [0.29, 0.717) is 0 Å². The summed E-state index contributed by atoms with van der Waals surface area (Å²) in [6.07, 6.45) is 4.41. The summed E-state index contributed by atoms with van der Waals surface area (Å²) in [7, 11) is 3.56. The summed E-state index contributed by atoms with van der Waals surface area (Å²) in [5, 5.41) is 0.954. The summed E-state index contributed by atoms with van der Waals surface area (Å²) in [6.45, 7) is 5.79. The number of rotatable bonds is 8. The van der Waals surface area contributed by atoms with Gasteiger partial charge in [-0.25, -0.2) is 0 Å². The molecule has 0 amide bonds. The number of para-hydroxylation sites is 1. The van der Waals surface area contributed by atoms with E-state index in [9.17, 15) is 0 Å². The number of ether oxygens (including phenoxy) is 2. The Hall–Kier alpha value is -0.963. The average molecular weight is 249 g/mol. The largest absolute Gasteiger partial charge is 0.490 e. The van der Waals surface area contributed by atoms with Crippen molar-refractivity contribution in [3.8, 4) is 11.5 Å². The zero-order valence-electron chi connectivity index (χ0n) is 10.8. The molecule has 0 unspecified atom stereocenters. The summed E-state index contributed by atoms with van der Waals surface area (Å²) in [5.74, 6) is 1.66. The predicted octanol–water partition coefficient (Wildman–Crippen LogP) is 2.84. The second-order valence-electron chi connectivity index (χ2n) is 4.04. The summed E-state index contributed by atoms with van der Waals surface area (Å²) >= 11 is 0. The fourth-order valence-electron chi connectivity index (χ4n) is 1.42. The number of unbranched alkanes of at least 4 members (excludes halogenated alkanes) is 2. The second-order valence-corrected chi connectivity index (χ2v) is 4.58. The molecule has 93 valence electrons. The van der Waals surface area contributed by atoms with E-state index in [4.69, 9.17) is 9.47 Å². The molecule has 0 aliphatic heterocycles. The van der Waals surface area contributed by atoms with Crippen LogP contribution in [0.15, 0.2) is 18.2 Å². The topological polar surface area (TPSA) is 18.5 Å². The van der Waals surface area contributed by atoms with Gasteiger partial charge in [0.1, 0.15) is 0 Å². The minimum atomic E-state index is 0.738. The lowest BCUT2D eigenvalue weighted by atomic mass is 10.3. The Bertz CT molecular complexity index is 326. The summed E-state index contributed by atoms with van der Waals surface area (Å²) in [5.41, 5.74) is 0. The third kappa shape index (κ3) is 4.82. The Morgan fingerprint density at radius 1 is 1.00 bits per heavy atom. The van der Waals surface area contributed by atoms with E-state index in [1.807, 2.05) is 18.2 Å². The van der Waals surface area contributed by atoms with Crippen LogP contribution in [0.3, 0.4) is 0 Å². The van der Waals surface area contributed by atoms with Crippen LogP contribution in [0.1, 0.15) is 39.5 Å². The lowest BCUT2D eigenvalue weighted by Gasteiger charge is -2.14. The molecule has 0 fully saturated rings. The highest BCUT2D eigenvalue weighted by atomic mass is 28.1. The number of hydrogen-bond acceptors (Lipinski definition) is 2. The zero-order chi connectivity index (χ0) is 12.5. The van der Waals surface area contributed by atoms with Gasteiger partial charge < -0.3 is 9.47 Å². The van der Waals surface area contributed by atoms with Gasteiger partial charge in [0, 0.05) is 0 Å². The predicted molar refractivity (Wildman–Crippen MR) is 72.6 cm³/mol. The highest BCUT2D eigenvalue weighted by molar-refractivity contribution is 6.34. The molecule has 17 heavy (non-hydrogen) atoms. The normalized spacial score (nSPS) is 10.3. The van der Waals surface area contributed by atoms with Crippen LogP contribution < -0.4 is 14.7 Å². The van der Waals surface area contributed by atoms with E-state index in [1.54, 1.807) is 0 Å². The molecule has 3 heteroatoms. The van der Waals surface area contributed by atoms with Crippen molar-refractivity contribution in [2.75, 3.05) is 13.2 Å². The van der Waals surface area contributed by atoms with Crippen LogP contribution in [0, 0.1) is 0 Å². The molecular formula is C14H21O2Si. The average Bonchev–Trinajstić information content (AvgIpc) is 2.33. The fourth-order valence-corrected chi connectivity index (χ4v) is 1.72. The van der Waals surface area contributed by atoms with Crippen molar-refractivity contribution in [2.45, 2.75) is 39.5 Å². The summed E-state index contributed by atoms with van der Waals surface area (Å²) in [4.78, 5) is 0. The molecule has 0 spiro atoms. The third-order valence-corrected chi connectivity index (χ3v) is 2.87. The van der Waals surface area contributed by atoms with Crippen LogP contribution in [0.25, 0.3) is 0 Å². The Balaban J connectivity index is 2.63. The van der Waals surface area contributed by atoms with Gasteiger partial charge in [-0.2, -0.15) is 0 Å². The monoisotopic (exact) mass is 249 g/mol. The van der Waals surface area contributed by atoms with Gasteiger partial charge >= 0.3 is 0 Å². The summed E-state index contributed by atoms with van der Waals surface area (Å²) in [6, 6.07) is 5.90. The first-order valence-corrected chi connectivity index (χ1v) is 6.89. The van der Waals surface area contributed by atoms with E-state index in [1.165, 1.54) is 0 Å². The van der Waals surface area contributed by atoms with Crippen molar-refractivity contribution in [3.63, 3.8) is 0 Å². The lowest BCUT2D eigenvalue weighted by Crippen LogP contribution is -2.12. The molecule has 0 aromatic heterocycles. The minimum absolute atomic E-state index is 0.738. The second kappa shape index (κ2) is 8.18. The van der Waals surface area contributed by atoms with Gasteiger partial charge in [-0.05, 0) is 24.1 Å². The van der Waals surface area contributed by atoms with Crippen molar-refractivity contribution in [1.82, 2.24) is 0 Å². The Morgan fingerprint density at radius 3 is 2.29 bits per heavy atom. The van der Waals surface area contributed by atoms with Gasteiger partial charge in [0.15, 0.2) is 11.5 Å². The molecule has 0 heterocycles. The Labute approximate surface area is 108 Å². The first-order chi connectivity index (χ1) is 8.29. The molecule has 1 aromatic carbocycles. The Morgan fingerprint density at radius 2 is 1.65 bits per heavy atom. The Kier molecular flexibility index (Phi) is 6.78. The molecular weight excluding hydrogens is 228 g/mol. The third-order valence-electron chi connectivity index (χ3n) is 2.48. The molecule has 2 nitrogen and oxygen atoms in total. The molecule has 3 radical (unpaired) electrons. The maximum atomic E-state index is 5.77. The van der Waals surface area contributed by atoms with Crippen LogP contribution in [-0.2, 0) is 0 Å². The van der Waals surface area contributed by atoms with Crippen molar-refractivity contribution >= 4 is 15.4 Å². The summed E-state index contributed by atoms with van der Waals surface area (Å²) < 4.78 is 11.5. The van der Waals surface area contributed by atoms with Crippen LogP contribution >= 0.6 is 0 Å². The van der Waals surface area contributed by atoms with Gasteiger partial charge in [-0.3, -0.25) is 0 Å². The van der Waals surface area contributed by atoms with Crippen LogP contribution in [0.2, 0.25) is 0 Å². The van der Waals surface area contributed by atoms with E-state index < -0.39 is 0 Å². The highest BCUT2D eigenvalue weighted by Crippen LogP contribution is 2.24. The molecule has 0 saturated carbocycles. The van der Waals surface area contributed by atoms with Crippen LogP contribution in [0.5, 0.6) is 11.5 Å². The van der Waals surface area contributed by atoms with Crippen LogP contribution in [-0.4, -0.2) is 23.5 Å². The SMILES string of the molecule is CCCCOc1cccc([Si])c1OCCCC. The molecule has 0 bridgehead atoms. The van der Waals surface area contributed by atoms with Crippen LogP contribution in [0.4, 0.5) is 0 Å². The van der Waals surface area contributed by atoms with Crippen molar-refractivity contribution in [2.24, 2.45) is 0 Å². The quantitative estimate of drug-likeness (QED) is 0.521. The first-order valence-electron chi connectivity index (χ1n) is 6.39. The van der Waals surface area contributed by atoms with E-state index in [0.717, 1.165) is 55.6 Å². The van der Waals surface area contributed by atoms with E-state index in [2.05, 4.69) is 24.1 Å². The molecule has 0 aliphatic carbocycles. The fraction of sp³-hybridized carbons (Fsp3) is 0.571. The molecule has 0 N–H and O–H groups in total. The number of benzene rings is 1. The van der Waals surface area contributed by atoms with Gasteiger partial charge in [-0.15, -0.1) is 0 Å². The standard InChI is InChI=1S/C14H21O2Si/c1-3-5-10-15-12-8-7-9-13(17)14(12)16-11-6-4-2/h7-9H,3-6,10-11H2,1-2H3. The van der Waals surface area contributed by atoms with Gasteiger partial charge in [0.25, 0.3) is 0 Å². The van der Waals surface area contributed by atoms with E-state index in [-0.39, 0.29) is 0 Å². The van der Waals surface area contributed by atoms with E-state index >= 15 is 0 Å². The molecule has 1 rings (SSSR count). The smallest absolute Gasteiger partial charge is 0.161 e. The molecule has 0 aliphatic rings. The van der Waals surface area contributed by atoms with Gasteiger partial charge in [0.05, 0.1) is 23.5 Å². The minimum Gasteiger partial charge on any atom is -0.490 e. The van der Waals surface area contributed by atoms with Gasteiger partial charge in [0.2, 0.25) is 0 Å². The highest BCUT2D eigenvalue weighted by Gasteiger charge is 2.07. The number of hydrogen-bond donors (Lipinski definition) is 0. The maximum Gasteiger partial charge on any atom is 0.161 e. The first kappa shape index (κ1) is 14.1. The molecule has 0 atom stereocenters.